The van der Waals surface area contributed by atoms with Crippen LogP contribution in [-0.2, 0) is 0 Å². The zero-order valence-electron chi connectivity index (χ0n) is 12.0. The number of aromatic nitrogens is 1. The van der Waals surface area contributed by atoms with Crippen molar-refractivity contribution >= 4 is 16.6 Å². The van der Waals surface area contributed by atoms with Gasteiger partial charge in [0.05, 0.1) is 24.5 Å². The van der Waals surface area contributed by atoms with Crippen molar-refractivity contribution in [3.63, 3.8) is 0 Å². The van der Waals surface area contributed by atoms with Crippen molar-refractivity contribution < 1.29 is 9.47 Å². The van der Waals surface area contributed by atoms with Crippen LogP contribution in [0.1, 0.15) is 5.56 Å². The summed E-state index contributed by atoms with van der Waals surface area (Å²) in [5.74, 6) is 1.91. The third-order valence-corrected chi connectivity index (χ3v) is 3.28. The first kappa shape index (κ1) is 13.2. The third kappa shape index (κ3) is 2.48. The van der Waals surface area contributed by atoms with Gasteiger partial charge in [-0.05, 0) is 36.8 Å². The van der Waals surface area contributed by atoms with Gasteiger partial charge in [-0.15, -0.1) is 0 Å². The van der Waals surface area contributed by atoms with E-state index in [1.807, 2.05) is 49.4 Å². The van der Waals surface area contributed by atoms with Gasteiger partial charge < -0.3 is 15.2 Å². The largest absolute Gasteiger partial charge is 0.493 e. The summed E-state index contributed by atoms with van der Waals surface area (Å²) in [5.41, 5.74) is 8.47. The normalized spacial score (nSPS) is 10.6. The molecule has 4 heteroatoms. The molecule has 1 heterocycles. The molecule has 0 unspecified atom stereocenters. The Morgan fingerprint density at radius 1 is 1.05 bits per heavy atom. The fraction of sp³-hybridized carbons (Fsp3) is 0.118. The standard InChI is InChI=1S/C17H16N2O2/c1-11-7-8-15(16(9-11)20-2)21-17-12-5-3-4-6-14(12)19-10-13(17)18/h3-10H,18H2,1-2H3. The van der Waals surface area contributed by atoms with Gasteiger partial charge in [0.25, 0.3) is 0 Å². The number of fused-ring (bicyclic) bond motifs is 1. The van der Waals surface area contributed by atoms with E-state index in [1.54, 1.807) is 13.3 Å². The highest BCUT2D eigenvalue weighted by molar-refractivity contribution is 5.89. The minimum atomic E-state index is 0.497. The van der Waals surface area contributed by atoms with Crippen molar-refractivity contribution in [1.29, 1.82) is 0 Å². The van der Waals surface area contributed by atoms with Crippen molar-refractivity contribution in [1.82, 2.24) is 4.98 Å². The number of nitrogen functional groups attached to an aromatic ring is 1. The molecule has 2 N–H and O–H groups in total. The molecular weight excluding hydrogens is 264 g/mol. The second-order valence-corrected chi connectivity index (χ2v) is 4.82. The lowest BCUT2D eigenvalue weighted by atomic mass is 10.2. The molecule has 2 aromatic carbocycles. The van der Waals surface area contributed by atoms with Crippen molar-refractivity contribution in [3.05, 3.63) is 54.2 Å². The van der Waals surface area contributed by atoms with Gasteiger partial charge in [0.1, 0.15) is 0 Å². The maximum Gasteiger partial charge on any atom is 0.169 e. The number of hydrogen-bond acceptors (Lipinski definition) is 4. The molecule has 0 radical (unpaired) electrons. The molecule has 0 aliphatic heterocycles. The number of methoxy groups -OCH3 is 1. The summed E-state index contributed by atoms with van der Waals surface area (Å²) in [6, 6.07) is 13.5. The van der Waals surface area contributed by atoms with E-state index in [9.17, 15) is 0 Å². The maximum atomic E-state index is 6.03. The first-order valence-corrected chi connectivity index (χ1v) is 6.65. The molecule has 0 spiro atoms. The molecule has 0 atom stereocenters. The molecule has 0 saturated carbocycles. The van der Waals surface area contributed by atoms with Crippen LogP contribution >= 0.6 is 0 Å². The maximum absolute atomic E-state index is 6.03. The summed E-state index contributed by atoms with van der Waals surface area (Å²) in [7, 11) is 1.62. The quantitative estimate of drug-likeness (QED) is 0.789. The number of hydrogen-bond donors (Lipinski definition) is 1. The van der Waals surface area contributed by atoms with Gasteiger partial charge in [-0.2, -0.15) is 0 Å². The van der Waals surface area contributed by atoms with E-state index >= 15 is 0 Å². The first-order valence-electron chi connectivity index (χ1n) is 6.65. The molecule has 3 rings (SSSR count). The highest BCUT2D eigenvalue weighted by atomic mass is 16.5. The number of benzene rings is 2. The lowest BCUT2D eigenvalue weighted by Crippen LogP contribution is -1.97. The first-order chi connectivity index (χ1) is 10.2. The minimum absolute atomic E-state index is 0.497. The van der Waals surface area contributed by atoms with Crippen LogP contribution in [0.2, 0.25) is 0 Å². The molecule has 0 amide bonds. The van der Waals surface area contributed by atoms with Gasteiger partial charge in [-0.1, -0.05) is 18.2 Å². The van der Waals surface area contributed by atoms with Crippen LogP contribution in [0, 0.1) is 6.92 Å². The van der Waals surface area contributed by atoms with E-state index in [2.05, 4.69) is 4.98 Å². The fourth-order valence-electron chi connectivity index (χ4n) is 2.21. The summed E-state index contributed by atoms with van der Waals surface area (Å²) >= 11 is 0. The minimum Gasteiger partial charge on any atom is -0.493 e. The Balaban J connectivity index is 2.12. The Hall–Kier alpha value is -2.75. The molecule has 4 nitrogen and oxygen atoms in total. The predicted molar refractivity (Wildman–Crippen MR) is 84.0 cm³/mol. The van der Waals surface area contributed by atoms with Gasteiger partial charge >= 0.3 is 0 Å². The number of aryl methyl sites for hydroxylation is 1. The summed E-state index contributed by atoms with van der Waals surface area (Å²) < 4.78 is 11.4. The highest BCUT2D eigenvalue weighted by Crippen LogP contribution is 2.38. The topological polar surface area (TPSA) is 57.4 Å². The van der Waals surface area contributed by atoms with E-state index in [0.29, 0.717) is 22.9 Å². The molecule has 0 bridgehead atoms. The highest BCUT2D eigenvalue weighted by Gasteiger charge is 2.12. The zero-order chi connectivity index (χ0) is 14.8. The molecule has 0 aliphatic rings. The smallest absolute Gasteiger partial charge is 0.169 e. The van der Waals surface area contributed by atoms with Gasteiger partial charge in [-0.3, -0.25) is 4.98 Å². The summed E-state index contributed by atoms with van der Waals surface area (Å²) in [6.45, 7) is 2.00. The SMILES string of the molecule is COc1cc(C)ccc1Oc1c(N)cnc2ccccc12. The molecule has 1 aromatic heterocycles. The van der Waals surface area contributed by atoms with Crippen molar-refractivity contribution in [2.75, 3.05) is 12.8 Å². The molecule has 0 fully saturated rings. The number of anilines is 1. The van der Waals surface area contributed by atoms with Gasteiger partial charge in [0.2, 0.25) is 0 Å². The van der Waals surface area contributed by atoms with Crippen LogP contribution < -0.4 is 15.2 Å². The van der Waals surface area contributed by atoms with Gasteiger partial charge in [0, 0.05) is 5.39 Å². The molecule has 21 heavy (non-hydrogen) atoms. The number of pyridine rings is 1. The zero-order valence-corrected chi connectivity index (χ0v) is 12.0. The second kappa shape index (κ2) is 5.32. The van der Waals surface area contributed by atoms with Crippen LogP contribution in [0.15, 0.2) is 48.7 Å². The average molecular weight is 280 g/mol. The lowest BCUT2D eigenvalue weighted by Gasteiger charge is -2.14. The van der Waals surface area contributed by atoms with Crippen LogP contribution in [-0.4, -0.2) is 12.1 Å². The molecule has 3 aromatic rings. The molecular formula is C17H16N2O2. The second-order valence-electron chi connectivity index (χ2n) is 4.82. The molecule has 0 aliphatic carbocycles. The van der Waals surface area contributed by atoms with Crippen LogP contribution in [0.4, 0.5) is 5.69 Å². The van der Waals surface area contributed by atoms with Crippen molar-refractivity contribution in [3.8, 4) is 17.2 Å². The Kier molecular flexibility index (Phi) is 3.36. The van der Waals surface area contributed by atoms with Crippen LogP contribution in [0.5, 0.6) is 17.2 Å². The lowest BCUT2D eigenvalue weighted by molar-refractivity contribution is 0.380. The van der Waals surface area contributed by atoms with Crippen molar-refractivity contribution in [2.24, 2.45) is 0 Å². The van der Waals surface area contributed by atoms with Crippen LogP contribution in [0.3, 0.4) is 0 Å². The number of nitrogens with zero attached hydrogens (tertiary/aromatic N) is 1. The van der Waals surface area contributed by atoms with Crippen molar-refractivity contribution in [2.45, 2.75) is 6.92 Å². The number of rotatable bonds is 3. The number of nitrogens with two attached hydrogens (primary N) is 1. The molecule has 0 saturated heterocycles. The number of para-hydroxylation sites is 1. The number of ether oxygens (including phenoxy) is 2. The fourth-order valence-corrected chi connectivity index (χ4v) is 2.21. The average Bonchev–Trinajstić information content (AvgIpc) is 2.51. The van der Waals surface area contributed by atoms with E-state index in [4.69, 9.17) is 15.2 Å². The Morgan fingerprint density at radius 3 is 2.67 bits per heavy atom. The summed E-state index contributed by atoms with van der Waals surface area (Å²) in [5, 5.41) is 0.875. The Bertz CT molecular complexity index is 800. The van der Waals surface area contributed by atoms with E-state index < -0.39 is 0 Å². The molecule has 106 valence electrons. The third-order valence-electron chi connectivity index (χ3n) is 3.28. The van der Waals surface area contributed by atoms with E-state index in [-0.39, 0.29) is 0 Å². The summed E-state index contributed by atoms with van der Waals surface area (Å²) in [4.78, 5) is 4.30. The summed E-state index contributed by atoms with van der Waals surface area (Å²) in [6.07, 6.45) is 1.61. The van der Waals surface area contributed by atoms with E-state index in [0.717, 1.165) is 16.5 Å². The van der Waals surface area contributed by atoms with Gasteiger partial charge in [0.15, 0.2) is 17.2 Å². The van der Waals surface area contributed by atoms with E-state index in [1.165, 1.54) is 0 Å². The Labute approximate surface area is 123 Å². The van der Waals surface area contributed by atoms with Crippen LogP contribution in [0.25, 0.3) is 10.9 Å². The predicted octanol–water partition coefficient (Wildman–Crippen LogP) is 3.93. The Morgan fingerprint density at radius 2 is 1.86 bits per heavy atom. The monoisotopic (exact) mass is 280 g/mol. The van der Waals surface area contributed by atoms with Gasteiger partial charge in [-0.25, -0.2) is 0 Å².